The minimum absolute atomic E-state index is 0.438. The Labute approximate surface area is 127 Å². The van der Waals surface area contributed by atoms with Gasteiger partial charge in [0.15, 0.2) is 0 Å². The molecule has 3 N–H and O–H groups in total. The molecule has 1 heterocycles. The monoisotopic (exact) mass is 339 g/mol. The summed E-state index contributed by atoms with van der Waals surface area (Å²) in [5, 5.41) is 3.62. The van der Waals surface area contributed by atoms with E-state index in [4.69, 9.17) is 18.0 Å². The number of likely N-dealkylation sites (tertiary alicyclic amines) is 1. The van der Waals surface area contributed by atoms with Crippen LogP contribution in [0, 0.1) is 0 Å². The first-order valence-corrected chi connectivity index (χ1v) is 7.93. The van der Waals surface area contributed by atoms with Crippen LogP contribution >= 0.6 is 28.1 Å². The lowest BCUT2D eigenvalue weighted by molar-refractivity contribution is 0.326. The molecule has 2 aliphatic rings. The fourth-order valence-corrected chi connectivity index (χ4v) is 3.30. The van der Waals surface area contributed by atoms with Gasteiger partial charge < -0.3 is 11.1 Å². The molecule has 2 fully saturated rings. The normalized spacial score (nSPS) is 23.5. The van der Waals surface area contributed by atoms with Gasteiger partial charge in [-0.05, 0) is 53.4 Å². The molecule has 0 aromatic heterocycles. The summed E-state index contributed by atoms with van der Waals surface area (Å²) in [7, 11) is 0. The summed E-state index contributed by atoms with van der Waals surface area (Å²) >= 11 is 8.58. The molecule has 0 amide bonds. The highest BCUT2D eigenvalue weighted by Gasteiger charge is 2.34. The zero-order chi connectivity index (χ0) is 13.4. The van der Waals surface area contributed by atoms with E-state index < -0.39 is 0 Å². The van der Waals surface area contributed by atoms with Crippen molar-refractivity contribution in [2.24, 2.45) is 5.73 Å². The second kappa shape index (κ2) is 5.38. The Hall–Kier alpha value is -0.650. The molecule has 3 rings (SSSR count). The number of nitrogens with zero attached hydrogens (tertiary/aromatic N) is 1. The van der Waals surface area contributed by atoms with Crippen LogP contribution in [0.15, 0.2) is 22.7 Å². The maximum Gasteiger partial charge on any atom is 0.104 e. The van der Waals surface area contributed by atoms with Crippen LogP contribution in [0.25, 0.3) is 0 Å². The number of nitrogens with two attached hydrogens (primary N) is 1. The zero-order valence-electron chi connectivity index (χ0n) is 10.7. The van der Waals surface area contributed by atoms with E-state index in [-0.39, 0.29) is 0 Å². The van der Waals surface area contributed by atoms with Gasteiger partial charge in [0, 0.05) is 40.9 Å². The van der Waals surface area contributed by atoms with Gasteiger partial charge in [0.25, 0.3) is 0 Å². The van der Waals surface area contributed by atoms with Crippen LogP contribution in [0.4, 0.5) is 5.69 Å². The summed E-state index contributed by atoms with van der Waals surface area (Å²) in [6.45, 7) is 2.39. The number of hydrogen-bond acceptors (Lipinski definition) is 3. The van der Waals surface area contributed by atoms with Crippen molar-refractivity contribution < 1.29 is 0 Å². The third-order valence-electron chi connectivity index (χ3n) is 3.90. The number of halogens is 1. The number of benzene rings is 1. The average Bonchev–Trinajstić information content (AvgIpc) is 3.12. The van der Waals surface area contributed by atoms with Crippen molar-refractivity contribution in [3.05, 3.63) is 28.2 Å². The zero-order valence-corrected chi connectivity index (χ0v) is 13.1. The molecule has 0 radical (unpaired) electrons. The summed E-state index contributed by atoms with van der Waals surface area (Å²) in [5.74, 6) is 0. The van der Waals surface area contributed by atoms with Crippen LogP contribution in [-0.2, 0) is 0 Å². The Morgan fingerprint density at radius 2 is 2.16 bits per heavy atom. The fourth-order valence-electron chi connectivity index (χ4n) is 2.68. The van der Waals surface area contributed by atoms with E-state index in [0.717, 1.165) is 28.3 Å². The molecule has 1 unspecified atom stereocenters. The maximum atomic E-state index is 5.64. The van der Waals surface area contributed by atoms with Gasteiger partial charge in [-0.15, -0.1) is 0 Å². The van der Waals surface area contributed by atoms with Gasteiger partial charge in [-0.2, -0.15) is 0 Å². The van der Waals surface area contributed by atoms with Gasteiger partial charge >= 0.3 is 0 Å². The van der Waals surface area contributed by atoms with E-state index in [1.165, 1.54) is 25.8 Å². The molecule has 5 heteroatoms. The Balaban J connectivity index is 1.65. The van der Waals surface area contributed by atoms with Gasteiger partial charge in [-0.3, -0.25) is 4.90 Å². The van der Waals surface area contributed by atoms with Crippen LogP contribution in [0.3, 0.4) is 0 Å². The Kier molecular flexibility index (Phi) is 3.78. The lowest BCUT2D eigenvalue weighted by Gasteiger charge is -2.18. The minimum atomic E-state index is 0.438. The molecule has 1 aliphatic carbocycles. The lowest BCUT2D eigenvalue weighted by Crippen LogP contribution is -2.27. The first-order valence-electron chi connectivity index (χ1n) is 6.73. The quantitative estimate of drug-likeness (QED) is 0.827. The van der Waals surface area contributed by atoms with Crippen molar-refractivity contribution in [1.29, 1.82) is 0 Å². The van der Waals surface area contributed by atoms with Gasteiger partial charge in [0.1, 0.15) is 4.99 Å². The number of nitrogens with one attached hydrogen (secondary N) is 1. The molecule has 1 atom stereocenters. The predicted molar refractivity (Wildman–Crippen MR) is 86.7 cm³/mol. The standard InChI is InChI=1S/C14H18BrN3S/c15-12-7-9(14(16)19)1-4-13(12)17-10-5-6-18(8-10)11-2-3-11/h1,4,7,10-11,17H,2-3,5-6,8H2,(H2,16,19). The van der Waals surface area contributed by atoms with Gasteiger partial charge in [-0.1, -0.05) is 12.2 Å². The van der Waals surface area contributed by atoms with E-state index >= 15 is 0 Å². The molecule has 1 aromatic carbocycles. The summed E-state index contributed by atoms with van der Waals surface area (Å²) in [6.07, 6.45) is 4.00. The van der Waals surface area contributed by atoms with Crippen molar-refractivity contribution in [3.63, 3.8) is 0 Å². The summed E-state index contributed by atoms with van der Waals surface area (Å²) in [4.78, 5) is 3.04. The van der Waals surface area contributed by atoms with Crippen LogP contribution in [0.2, 0.25) is 0 Å². The molecule has 0 bridgehead atoms. The van der Waals surface area contributed by atoms with Crippen molar-refractivity contribution in [2.75, 3.05) is 18.4 Å². The highest BCUT2D eigenvalue weighted by Crippen LogP contribution is 2.31. The van der Waals surface area contributed by atoms with E-state index in [9.17, 15) is 0 Å². The number of rotatable bonds is 4. The molecule has 1 saturated heterocycles. The molecular formula is C14H18BrN3S. The predicted octanol–water partition coefficient (Wildman–Crippen LogP) is 2.73. The molecule has 19 heavy (non-hydrogen) atoms. The van der Waals surface area contributed by atoms with Gasteiger partial charge in [-0.25, -0.2) is 0 Å². The minimum Gasteiger partial charge on any atom is -0.389 e. The first-order chi connectivity index (χ1) is 9.13. The van der Waals surface area contributed by atoms with Crippen molar-refractivity contribution >= 4 is 38.8 Å². The fraction of sp³-hybridized carbons (Fsp3) is 0.500. The SMILES string of the molecule is NC(=S)c1ccc(NC2CCN(C3CC3)C2)c(Br)c1. The first kappa shape index (κ1) is 13.3. The van der Waals surface area contributed by atoms with Crippen LogP contribution < -0.4 is 11.1 Å². The van der Waals surface area contributed by atoms with Gasteiger partial charge in [0.2, 0.25) is 0 Å². The Morgan fingerprint density at radius 1 is 1.37 bits per heavy atom. The van der Waals surface area contributed by atoms with E-state index in [1.54, 1.807) is 0 Å². The summed E-state index contributed by atoms with van der Waals surface area (Å²) in [6, 6.07) is 7.43. The summed E-state index contributed by atoms with van der Waals surface area (Å²) < 4.78 is 1.03. The maximum absolute atomic E-state index is 5.64. The molecule has 1 saturated carbocycles. The second-order valence-electron chi connectivity index (χ2n) is 5.41. The smallest absolute Gasteiger partial charge is 0.104 e. The highest BCUT2D eigenvalue weighted by atomic mass is 79.9. The molecule has 0 spiro atoms. The number of hydrogen-bond donors (Lipinski definition) is 2. The van der Waals surface area contributed by atoms with E-state index in [0.29, 0.717) is 11.0 Å². The molecular weight excluding hydrogens is 322 g/mol. The topological polar surface area (TPSA) is 41.3 Å². The molecule has 3 nitrogen and oxygen atoms in total. The Morgan fingerprint density at radius 3 is 2.79 bits per heavy atom. The molecule has 1 aliphatic heterocycles. The van der Waals surface area contributed by atoms with Crippen LogP contribution in [-0.4, -0.2) is 35.1 Å². The van der Waals surface area contributed by atoms with E-state index in [2.05, 4.69) is 32.2 Å². The largest absolute Gasteiger partial charge is 0.389 e. The molecule has 1 aromatic rings. The number of anilines is 1. The Bertz CT molecular complexity index is 501. The molecule has 102 valence electrons. The highest BCUT2D eigenvalue weighted by molar-refractivity contribution is 9.10. The van der Waals surface area contributed by atoms with Crippen molar-refractivity contribution in [3.8, 4) is 0 Å². The van der Waals surface area contributed by atoms with Crippen LogP contribution in [0.5, 0.6) is 0 Å². The van der Waals surface area contributed by atoms with Crippen LogP contribution in [0.1, 0.15) is 24.8 Å². The van der Waals surface area contributed by atoms with Gasteiger partial charge in [0.05, 0.1) is 0 Å². The summed E-state index contributed by atoms with van der Waals surface area (Å²) in [5.41, 5.74) is 7.67. The lowest BCUT2D eigenvalue weighted by atomic mass is 10.2. The third kappa shape index (κ3) is 3.09. The average molecular weight is 340 g/mol. The van der Waals surface area contributed by atoms with Crippen molar-refractivity contribution in [1.82, 2.24) is 4.90 Å². The van der Waals surface area contributed by atoms with E-state index in [1.807, 2.05) is 12.1 Å². The third-order valence-corrected chi connectivity index (χ3v) is 4.79. The van der Waals surface area contributed by atoms with Crippen molar-refractivity contribution in [2.45, 2.75) is 31.3 Å². The second-order valence-corrected chi connectivity index (χ2v) is 6.71. The number of thiocarbonyl (C=S) groups is 1.